The van der Waals surface area contributed by atoms with Crippen LogP contribution in [-0.4, -0.2) is 92.1 Å². The molecule has 0 amide bonds. The molecule has 262 valence electrons. The number of aryl methyl sites for hydroxylation is 1. The maximum atomic E-state index is 6.48. The third-order valence-corrected chi connectivity index (χ3v) is 10.4. The van der Waals surface area contributed by atoms with Crippen molar-refractivity contribution in [1.82, 2.24) is 54.6 Å². The highest BCUT2D eigenvalue weighted by Gasteiger charge is 2.42. The molecule has 16 heteroatoms. The molecule has 3 atom stereocenters. The smallest absolute Gasteiger partial charge is 0.257 e. The van der Waals surface area contributed by atoms with Crippen LogP contribution in [0.15, 0.2) is 55.4 Å². The van der Waals surface area contributed by atoms with Crippen molar-refractivity contribution in [1.29, 1.82) is 0 Å². The van der Waals surface area contributed by atoms with Crippen LogP contribution in [-0.2, 0) is 24.9 Å². The Hall–Kier alpha value is -4.60. The normalized spacial score (nSPS) is 22.8. The summed E-state index contributed by atoms with van der Waals surface area (Å²) in [7, 11) is 1.90. The first kappa shape index (κ1) is 32.6. The maximum absolute atomic E-state index is 6.48. The third-order valence-electron chi connectivity index (χ3n) is 10.1. The van der Waals surface area contributed by atoms with Crippen LogP contribution in [0.3, 0.4) is 0 Å². The number of aromatic nitrogens is 10. The van der Waals surface area contributed by atoms with Crippen molar-refractivity contribution in [3.8, 4) is 22.8 Å². The quantitative estimate of drug-likeness (QED) is 0.190. The number of halogens is 1. The first-order valence-electron chi connectivity index (χ1n) is 17.3. The van der Waals surface area contributed by atoms with Gasteiger partial charge >= 0.3 is 0 Å². The van der Waals surface area contributed by atoms with Crippen LogP contribution < -0.4 is 14.8 Å². The first-order chi connectivity index (χ1) is 24.5. The lowest BCUT2D eigenvalue weighted by atomic mass is 9.89. The summed E-state index contributed by atoms with van der Waals surface area (Å²) in [5.74, 6) is 1.49. The fraction of sp³-hybridized carbons (Fsp3) is 0.500. The number of nitrogens with zero attached hydrogens (tertiary/aromatic N) is 11. The standard InChI is InChI=1S/C34H41ClN12O3/c1-22(16-45-21-38-42-43-45)50-32-13-23(3-10-30(32)35)24-14-36-34(37-15-24)40-31-17-46(41-33(31)49-20-27-11-12-39-44(27)2)25-4-6-26(7-5-25)47-28-8-9-29(47)19-48-18-28/h3,10-15,17,21-22,25-26,28-29H,4-9,16,18-20H2,1-2H3,(H,36,37,40)/t22-,25-,26-,28-,29+/m0/s1. The van der Waals surface area contributed by atoms with Gasteiger partial charge in [-0.2, -0.15) is 5.10 Å². The molecule has 15 nitrogen and oxygen atoms in total. The average Bonchev–Trinajstić information content (AvgIpc) is 3.93. The van der Waals surface area contributed by atoms with E-state index in [1.807, 2.05) is 38.4 Å². The SMILES string of the molecule is C[C@@H](Cn1cnnn1)Oc1cc(-c2cnc(Nc3cn([C@H]4CC[C@H](N5[C@@H]6CC[C@H]5COC6)CC4)nc3OCc3ccnn3C)nc2)ccc1Cl. The Balaban J connectivity index is 0.960. The Morgan fingerprint density at radius 3 is 2.46 bits per heavy atom. The molecule has 4 aromatic heterocycles. The van der Waals surface area contributed by atoms with E-state index in [9.17, 15) is 0 Å². The second-order valence-electron chi connectivity index (χ2n) is 13.4. The fourth-order valence-electron chi connectivity index (χ4n) is 7.53. The molecular formula is C34H41ClN12O3. The van der Waals surface area contributed by atoms with Gasteiger partial charge in [-0.3, -0.25) is 14.3 Å². The number of morpholine rings is 1. The Labute approximate surface area is 294 Å². The number of tetrazole rings is 1. The van der Waals surface area contributed by atoms with Crippen molar-refractivity contribution in [3.05, 3.63) is 66.1 Å². The maximum Gasteiger partial charge on any atom is 0.257 e. The molecule has 0 radical (unpaired) electrons. The van der Waals surface area contributed by atoms with Gasteiger partial charge < -0.3 is 19.5 Å². The molecule has 8 rings (SSSR count). The van der Waals surface area contributed by atoms with Gasteiger partial charge in [0.05, 0.1) is 42.7 Å². The summed E-state index contributed by atoms with van der Waals surface area (Å²) in [6, 6.07) is 9.63. The Kier molecular flexibility index (Phi) is 9.34. The average molecular weight is 701 g/mol. The van der Waals surface area contributed by atoms with Gasteiger partial charge in [-0.25, -0.2) is 14.6 Å². The third kappa shape index (κ3) is 7.02. The Morgan fingerprint density at radius 2 is 1.74 bits per heavy atom. The van der Waals surface area contributed by atoms with E-state index in [0.29, 0.717) is 65.6 Å². The molecule has 50 heavy (non-hydrogen) atoms. The Morgan fingerprint density at radius 1 is 0.980 bits per heavy atom. The summed E-state index contributed by atoms with van der Waals surface area (Å²) in [6.07, 6.45) is 15.6. The molecule has 2 bridgehead atoms. The van der Waals surface area contributed by atoms with Crippen molar-refractivity contribution < 1.29 is 14.2 Å². The molecule has 2 aliphatic heterocycles. The van der Waals surface area contributed by atoms with Gasteiger partial charge in [-0.05, 0) is 79.6 Å². The summed E-state index contributed by atoms with van der Waals surface area (Å²) in [5, 5.41) is 24.3. The molecule has 5 aromatic rings. The molecule has 1 N–H and O–H groups in total. The summed E-state index contributed by atoms with van der Waals surface area (Å²) in [6.45, 7) is 4.51. The molecule has 0 unspecified atom stereocenters. The van der Waals surface area contributed by atoms with Crippen LogP contribution in [0.2, 0.25) is 5.02 Å². The van der Waals surface area contributed by atoms with Crippen LogP contribution in [0.1, 0.15) is 57.2 Å². The first-order valence-corrected chi connectivity index (χ1v) is 17.6. The predicted molar refractivity (Wildman–Crippen MR) is 184 cm³/mol. The second-order valence-corrected chi connectivity index (χ2v) is 13.8. The van der Waals surface area contributed by atoms with Gasteiger partial charge in [0.25, 0.3) is 5.88 Å². The zero-order valence-electron chi connectivity index (χ0n) is 28.2. The lowest BCUT2D eigenvalue weighted by Crippen LogP contribution is -2.52. The number of fused-ring (bicyclic) bond motifs is 2. The highest BCUT2D eigenvalue weighted by molar-refractivity contribution is 6.32. The van der Waals surface area contributed by atoms with Gasteiger partial charge in [0.2, 0.25) is 5.95 Å². The number of rotatable bonds is 12. The molecule has 3 aliphatic rings. The zero-order chi connectivity index (χ0) is 34.0. The van der Waals surface area contributed by atoms with E-state index in [-0.39, 0.29) is 6.10 Å². The lowest BCUT2D eigenvalue weighted by molar-refractivity contribution is -0.0458. The van der Waals surface area contributed by atoms with E-state index < -0.39 is 0 Å². The molecule has 0 spiro atoms. The molecule has 1 saturated carbocycles. The second kappa shape index (κ2) is 14.3. The van der Waals surface area contributed by atoms with Crippen LogP contribution in [0.25, 0.3) is 11.1 Å². The minimum Gasteiger partial charge on any atom is -0.487 e. The summed E-state index contributed by atoms with van der Waals surface area (Å²) in [4.78, 5) is 12.1. The Bertz CT molecular complexity index is 1860. The summed E-state index contributed by atoms with van der Waals surface area (Å²) >= 11 is 6.48. The number of anilines is 2. The minimum atomic E-state index is -0.209. The molecule has 1 aliphatic carbocycles. The monoisotopic (exact) mass is 700 g/mol. The van der Waals surface area contributed by atoms with Crippen molar-refractivity contribution >= 4 is 23.2 Å². The van der Waals surface area contributed by atoms with Crippen LogP contribution in [0.4, 0.5) is 11.6 Å². The predicted octanol–water partition coefficient (Wildman–Crippen LogP) is 4.85. The van der Waals surface area contributed by atoms with Crippen LogP contribution in [0, 0.1) is 0 Å². The number of ether oxygens (including phenoxy) is 3. The van der Waals surface area contributed by atoms with Crippen LogP contribution >= 0.6 is 11.6 Å². The largest absolute Gasteiger partial charge is 0.487 e. The van der Waals surface area contributed by atoms with Crippen molar-refractivity contribution in [2.75, 3.05) is 18.5 Å². The number of nitrogens with one attached hydrogen (secondary N) is 1. The van der Waals surface area contributed by atoms with Crippen LogP contribution in [0.5, 0.6) is 11.6 Å². The topological polar surface area (TPSA) is 148 Å². The van der Waals surface area contributed by atoms with E-state index >= 15 is 0 Å². The van der Waals surface area contributed by atoms with E-state index in [1.54, 1.807) is 40.3 Å². The van der Waals surface area contributed by atoms with Gasteiger partial charge in [0, 0.05) is 49.3 Å². The van der Waals surface area contributed by atoms with Gasteiger partial charge in [0.15, 0.2) is 0 Å². The summed E-state index contributed by atoms with van der Waals surface area (Å²) < 4.78 is 23.7. The molecule has 2 saturated heterocycles. The van der Waals surface area contributed by atoms with Gasteiger partial charge in [-0.15, -0.1) is 10.2 Å². The van der Waals surface area contributed by atoms with E-state index in [4.69, 9.17) is 30.9 Å². The van der Waals surface area contributed by atoms with Crippen molar-refractivity contribution in [3.63, 3.8) is 0 Å². The molecular weight excluding hydrogens is 660 g/mol. The van der Waals surface area contributed by atoms with E-state index in [1.165, 1.54) is 12.8 Å². The summed E-state index contributed by atoms with van der Waals surface area (Å²) in [5.41, 5.74) is 3.35. The number of hydrogen-bond acceptors (Lipinski definition) is 12. The van der Waals surface area contributed by atoms with E-state index in [2.05, 4.69) is 45.5 Å². The molecule has 1 aromatic carbocycles. The molecule has 3 fully saturated rings. The lowest BCUT2D eigenvalue weighted by Gasteiger charge is -2.43. The van der Waals surface area contributed by atoms with Crippen molar-refractivity contribution in [2.45, 2.75) is 88.9 Å². The zero-order valence-corrected chi connectivity index (χ0v) is 28.9. The minimum absolute atomic E-state index is 0.209. The highest BCUT2D eigenvalue weighted by atomic mass is 35.5. The molecule has 6 heterocycles. The number of benzene rings is 1. The van der Waals surface area contributed by atoms with E-state index in [0.717, 1.165) is 55.7 Å². The number of hydrogen-bond donors (Lipinski definition) is 1. The fourth-order valence-corrected chi connectivity index (χ4v) is 7.70. The van der Waals surface area contributed by atoms with Gasteiger partial charge in [0.1, 0.15) is 30.5 Å². The highest BCUT2D eigenvalue weighted by Crippen LogP contribution is 2.40. The van der Waals surface area contributed by atoms with Crippen molar-refractivity contribution in [2.24, 2.45) is 7.05 Å². The van der Waals surface area contributed by atoms with Gasteiger partial charge in [-0.1, -0.05) is 17.7 Å².